The Balaban J connectivity index is 2.18. The summed E-state index contributed by atoms with van der Waals surface area (Å²) in [6.07, 6.45) is 2.48. The molecule has 10 heteroatoms. The van der Waals surface area contributed by atoms with Crippen LogP contribution in [0.25, 0.3) is 0 Å². The van der Waals surface area contributed by atoms with Gasteiger partial charge in [-0.25, -0.2) is 9.59 Å². The number of anilines is 1. The van der Waals surface area contributed by atoms with Gasteiger partial charge in [-0.05, 0) is 31.5 Å². The standard InChI is InChI=1S/C20H24N2O7S/c1-4-28-19(25)16-13(2)17(20(26)29-11-10-27-3)30-18(16)21-15(24)7-9-22-8-5-6-14(22)12-23/h5-6,8,12H,4,7,9-11H2,1-3H3,(H,21,24). The Hall–Kier alpha value is -2.98. The zero-order valence-corrected chi connectivity index (χ0v) is 17.9. The lowest BCUT2D eigenvalue weighted by molar-refractivity contribution is -0.116. The topological polar surface area (TPSA) is 113 Å². The Labute approximate surface area is 177 Å². The SMILES string of the molecule is CCOC(=O)c1c(NC(=O)CCn2cccc2C=O)sc(C(=O)OCCOC)c1C. The van der Waals surface area contributed by atoms with E-state index in [0.29, 0.717) is 17.5 Å². The zero-order chi connectivity index (χ0) is 22.1. The number of aryl methyl sites for hydroxylation is 1. The molecule has 2 aromatic rings. The van der Waals surface area contributed by atoms with Gasteiger partial charge in [-0.3, -0.25) is 9.59 Å². The molecule has 0 saturated carbocycles. The number of ether oxygens (including phenoxy) is 3. The van der Waals surface area contributed by atoms with Gasteiger partial charge in [-0.1, -0.05) is 0 Å². The fourth-order valence-electron chi connectivity index (χ4n) is 2.68. The van der Waals surface area contributed by atoms with Crippen molar-refractivity contribution >= 4 is 40.5 Å². The Bertz CT molecular complexity index is 916. The molecule has 0 fully saturated rings. The Morgan fingerprint density at radius 1 is 1.20 bits per heavy atom. The monoisotopic (exact) mass is 436 g/mol. The average Bonchev–Trinajstić information content (AvgIpc) is 3.30. The van der Waals surface area contributed by atoms with Crippen molar-refractivity contribution in [3.8, 4) is 0 Å². The minimum atomic E-state index is -0.633. The second kappa shape index (κ2) is 11.3. The quantitative estimate of drug-likeness (QED) is 0.327. The maximum Gasteiger partial charge on any atom is 0.348 e. The maximum atomic E-state index is 12.5. The zero-order valence-electron chi connectivity index (χ0n) is 17.1. The van der Waals surface area contributed by atoms with Gasteiger partial charge in [0.1, 0.15) is 16.5 Å². The van der Waals surface area contributed by atoms with Crippen LogP contribution in [0, 0.1) is 6.92 Å². The highest BCUT2D eigenvalue weighted by molar-refractivity contribution is 7.18. The molecule has 2 heterocycles. The Morgan fingerprint density at radius 2 is 1.97 bits per heavy atom. The third-order valence-corrected chi connectivity index (χ3v) is 5.34. The normalized spacial score (nSPS) is 10.5. The van der Waals surface area contributed by atoms with E-state index in [0.717, 1.165) is 11.3 Å². The highest BCUT2D eigenvalue weighted by atomic mass is 32.1. The van der Waals surface area contributed by atoms with Gasteiger partial charge in [0.15, 0.2) is 6.29 Å². The molecule has 0 aliphatic carbocycles. The second-order valence-corrected chi connectivity index (χ2v) is 7.17. The average molecular weight is 436 g/mol. The number of methoxy groups -OCH3 is 1. The van der Waals surface area contributed by atoms with Crippen LogP contribution in [0.5, 0.6) is 0 Å². The highest BCUT2D eigenvalue weighted by Crippen LogP contribution is 2.34. The van der Waals surface area contributed by atoms with Crippen LogP contribution >= 0.6 is 11.3 Å². The summed E-state index contributed by atoms with van der Waals surface area (Å²) in [5, 5.41) is 2.90. The Kier molecular flexibility index (Phi) is 8.75. The summed E-state index contributed by atoms with van der Waals surface area (Å²) < 4.78 is 16.7. The van der Waals surface area contributed by atoms with E-state index >= 15 is 0 Å². The van der Waals surface area contributed by atoms with E-state index in [4.69, 9.17) is 14.2 Å². The number of carbonyl (C=O) groups excluding carboxylic acids is 4. The minimum absolute atomic E-state index is 0.0685. The van der Waals surface area contributed by atoms with Crippen LogP contribution in [0.2, 0.25) is 0 Å². The number of nitrogens with zero attached hydrogens (tertiary/aromatic N) is 1. The van der Waals surface area contributed by atoms with E-state index < -0.39 is 11.9 Å². The fraction of sp³-hybridized carbons (Fsp3) is 0.400. The van der Waals surface area contributed by atoms with Crippen LogP contribution in [0.4, 0.5) is 5.00 Å². The molecule has 1 N–H and O–H groups in total. The first kappa shape index (κ1) is 23.3. The number of aromatic nitrogens is 1. The predicted octanol–water partition coefficient (Wildman–Crippen LogP) is 2.68. The number of aldehydes is 1. The molecule has 2 rings (SSSR count). The molecule has 0 bridgehead atoms. The van der Waals surface area contributed by atoms with Crippen LogP contribution in [0.15, 0.2) is 18.3 Å². The minimum Gasteiger partial charge on any atom is -0.462 e. The summed E-state index contributed by atoms with van der Waals surface area (Å²) in [6, 6.07) is 3.36. The van der Waals surface area contributed by atoms with E-state index in [9.17, 15) is 19.2 Å². The van der Waals surface area contributed by atoms with Crippen LogP contribution in [-0.2, 0) is 25.5 Å². The van der Waals surface area contributed by atoms with Crippen LogP contribution in [0.3, 0.4) is 0 Å². The summed E-state index contributed by atoms with van der Waals surface area (Å²) in [4.78, 5) is 48.4. The molecule has 0 aromatic carbocycles. The van der Waals surface area contributed by atoms with Gasteiger partial charge in [0.25, 0.3) is 0 Å². The third-order valence-electron chi connectivity index (χ3n) is 4.15. The first-order chi connectivity index (χ1) is 14.4. The molecule has 2 aromatic heterocycles. The molecule has 9 nitrogen and oxygen atoms in total. The third kappa shape index (κ3) is 5.77. The molecule has 0 saturated heterocycles. The molecule has 30 heavy (non-hydrogen) atoms. The number of amides is 1. The van der Waals surface area contributed by atoms with Gasteiger partial charge >= 0.3 is 11.9 Å². The number of thiophene rings is 1. The van der Waals surface area contributed by atoms with Crippen LogP contribution < -0.4 is 5.32 Å². The van der Waals surface area contributed by atoms with Crippen LogP contribution in [-0.4, -0.2) is 55.6 Å². The van der Waals surface area contributed by atoms with Crippen molar-refractivity contribution in [1.29, 1.82) is 0 Å². The second-order valence-electron chi connectivity index (χ2n) is 6.15. The first-order valence-corrected chi connectivity index (χ1v) is 10.1. The van der Waals surface area contributed by atoms with Crippen molar-refractivity contribution in [3.63, 3.8) is 0 Å². The van der Waals surface area contributed by atoms with Crippen molar-refractivity contribution in [3.05, 3.63) is 40.0 Å². The molecule has 0 radical (unpaired) electrons. The first-order valence-electron chi connectivity index (χ1n) is 9.29. The number of carbonyl (C=O) groups is 4. The number of hydrogen-bond donors (Lipinski definition) is 1. The maximum absolute atomic E-state index is 12.5. The molecule has 1 amide bonds. The van der Waals surface area contributed by atoms with Gasteiger partial charge in [-0.2, -0.15) is 0 Å². The summed E-state index contributed by atoms with van der Waals surface area (Å²) in [6.45, 7) is 4.02. The molecule has 0 aliphatic rings. The van der Waals surface area contributed by atoms with E-state index in [2.05, 4.69) is 5.32 Å². The molecule has 0 aliphatic heterocycles. The largest absolute Gasteiger partial charge is 0.462 e. The lowest BCUT2D eigenvalue weighted by Gasteiger charge is -2.08. The number of hydrogen-bond acceptors (Lipinski definition) is 8. The van der Waals surface area contributed by atoms with Crippen molar-refractivity contribution in [2.45, 2.75) is 26.8 Å². The smallest absolute Gasteiger partial charge is 0.348 e. The molecule has 0 spiro atoms. The lowest BCUT2D eigenvalue weighted by atomic mass is 10.1. The fourth-order valence-corrected chi connectivity index (χ4v) is 3.78. The van der Waals surface area contributed by atoms with E-state index in [1.54, 1.807) is 36.7 Å². The highest BCUT2D eigenvalue weighted by Gasteiger charge is 2.27. The summed E-state index contributed by atoms with van der Waals surface area (Å²) >= 11 is 0.955. The lowest BCUT2D eigenvalue weighted by Crippen LogP contribution is -2.17. The van der Waals surface area contributed by atoms with Gasteiger partial charge in [-0.15, -0.1) is 11.3 Å². The summed E-state index contributed by atoms with van der Waals surface area (Å²) in [5.41, 5.74) is 0.969. The van der Waals surface area contributed by atoms with Gasteiger partial charge in [0.05, 0.1) is 24.5 Å². The van der Waals surface area contributed by atoms with Crippen LogP contribution in [0.1, 0.15) is 49.4 Å². The Morgan fingerprint density at radius 3 is 2.63 bits per heavy atom. The van der Waals surface area contributed by atoms with Gasteiger partial charge < -0.3 is 24.1 Å². The van der Waals surface area contributed by atoms with Gasteiger partial charge in [0, 0.05) is 26.3 Å². The van der Waals surface area contributed by atoms with Crippen molar-refractivity contribution in [2.24, 2.45) is 0 Å². The van der Waals surface area contributed by atoms with E-state index in [1.807, 2.05) is 0 Å². The summed E-state index contributed by atoms with van der Waals surface area (Å²) in [7, 11) is 1.49. The van der Waals surface area contributed by atoms with Crippen molar-refractivity contribution in [2.75, 3.05) is 32.2 Å². The predicted molar refractivity (Wildman–Crippen MR) is 110 cm³/mol. The van der Waals surface area contributed by atoms with E-state index in [-0.39, 0.29) is 54.1 Å². The summed E-state index contributed by atoms with van der Waals surface area (Å²) in [5.74, 6) is -1.61. The molecular weight excluding hydrogens is 412 g/mol. The molecule has 0 unspecified atom stereocenters. The molecule has 162 valence electrons. The number of nitrogens with one attached hydrogen (secondary N) is 1. The van der Waals surface area contributed by atoms with Gasteiger partial charge in [0.2, 0.25) is 5.91 Å². The van der Waals surface area contributed by atoms with E-state index in [1.165, 1.54) is 7.11 Å². The molecule has 0 atom stereocenters. The molecular formula is C20H24N2O7S. The van der Waals surface area contributed by atoms with Crippen molar-refractivity contribution in [1.82, 2.24) is 4.57 Å². The number of esters is 2. The van der Waals surface area contributed by atoms with Crippen molar-refractivity contribution < 1.29 is 33.4 Å². The number of rotatable bonds is 11.